The lowest BCUT2D eigenvalue weighted by Crippen LogP contribution is -2.13. The molecule has 0 amide bonds. The second-order valence-electron chi connectivity index (χ2n) is 5.81. The fourth-order valence-electron chi connectivity index (χ4n) is 2.48. The molecular formula is C18H17F3N4. The predicted molar refractivity (Wildman–Crippen MR) is 92.6 cm³/mol. The van der Waals surface area contributed by atoms with Crippen LogP contribution in [0.3, 0.4) is 0 Å². The molecule has 7 heteroatoms. The van der Waals surface area contributed by atoms with Gasteiger partial charge in [0.1, 0.15) is 17.3 Å². The fourth-order valence-corrected chi connectivity index (χ4v) is 2.48. The Morgan fingerprint density at radius 3 is 2.48 bits per heavy atom. The minimum atomic E-state index is -4.46. The maximum Gasteiger partial charge on any atom is 0.433 e. The molecule has 0 aliphatic rings. The van der Waals surface area contributed by atoms with Crippen LogP contribution in [0.2, 0.25) is 0 Å². The Bertz CT molecular complexity index is 891. The normalized spacial score (nSPS) is 11.6. The van der Waals surface area contributed by atoms with Gasteiger partial charge in [-0.05, 0) is 29.8 Å². The second-order valence-corrected chi connectivity index (χ2v) is 5.81. The minimum Gasteiger partial charge on any atom is -0.366 e. The van der Waals surface area contributed by atoms with Gasteiger partial charge in [-0.3, -0.25) is 0 Å². The maximum absolute atomic E-state index is 12.8. The molecule has 4 nitrogen and oxygen atoms in total. The number of aromatic nitrogens is 2. The lowest BCUT2D eigenvalue weighted by molar-refractivity contribution is -0.141. The summed E-state index contributed by atoms with van der Waals surface area (Å²) < 4.78 is 38.3. The van der Waals surface area contributed by atoms with Crippen LogP contribution in [0.1, 0.15) is 11.3 Å². The van der Waals surface area contributed by atoms with Gasteiger partial charge in [-0.1, -0.05) is 24.3 Å². The first kappa shape index (κ1) is 17.0. The highest BCUT2D eigenvalue weighted by atomic mass is 19.4. The highest BCUT2D eigenvalue weighted by Crippen LogP contribution is 2.28. The van der Waals surface area contributed by atoms with E-state index in [2.05, 4.69) is 15.3 Å². The van der Waals surface area contributed by atoms with Crippen molar-refractivity contribution in [3.05, 3.63) is 59.8 Å². The molecule has 0 bridgehead atoms. The summed E-state index contributed by atoms with van der Waals surface area (Å²) in [4.78, 5) is 10.1. The van der Waals surface area contributed by atoms with Crippen molar-refractivity contribution in [2.45, 2.75) is 12.7 Å². The van der Waals surface area contributed by atoms with Crippen molar-refractivity contribution in [2.24, 2.45) is 0 Å². The topological polar surface area (TPSA) is 41.0 Å². The number of halogens is 3. The van der Waals surface area contributed by atoms with Crippen LogP contribution in [-0.2, 0) is 12.7 Å². The number of nitrogens with zero attached hydrogens (tertiary/aromatic N) is 3. The smallest absolute Gasteiger partial charge is 0.366 e. The highest BCUT2D eigenvalue weighted by molar-refractivity contribution is 5.84. The van der Waals surface area contributed by atoms with E-state index in [4.69, 9.17) is 0 Å². The van der Waals surface area contributed by atoms with Gasteiger partial charge in [-0.25, -0.2) is 9.97 Å². The number of hydrogen-bond donors (Lipinski definition) is 1. The van der Waals surface area contributed by atoms with Crippen LogP contribution in [-0.4, -0.2) is 24.1 Å². The molecule has 3 aromatic rings. The van der Waals surface area contributed by atoms with E-state index in [0.29, 0.717) is 6.54 Å². The van der Waals surface area contributed by atoms with Gasteiger partial charge in [0, 0.05) is 26.0 Å². The van der Waals surface area contributed by atoms with Crippen molar-refractivity contribution in [3.8, 4) is 0 Å². The summed E-state index contributed by atoms with van der Waals surface area (Å²) in [6, 6.07) is 13.4. The molecule has 3 rings (SSSR count). The molecule has 0 spiro atoms. The Labute approximate surface area is 143 Å². The summed E-state index contributed by atoms with van der Waals surface area (Å²) in [7, 11) is 3.78. The van der Waals surface area contributed by atoms with Crippen LogP contribution in [0.4, 0.5) is 24.8 Å². The van der Waals surface area contributed by atoms with E-state index in [0.717, 1.165) is 28.4 Å². The first-order valence-electron chi connectivity index (χ1n) is 7.69. The van der Waals surface area contributed by atoms with Gasteiger partial charge in [-0.2, -0.15) is 13.2 Å². The summed E-state index contributed by atoms with van der Waals surface area (Å²) in [5, 5.41) is 3.93. The molecule has 2 aromatic heterocycles. The van der Waals surface area contributed by atoms with Gasteiger partial charge in [-0.15, -0.1) is 0 Å². The minimum absolute atomic E-state index is 0.183. The average Bonchev–Trinajstić information content (AvgIpc) is 2.59. The van der Waals surface area contributed by atoms with Crippen LogP contribution < -0.4 is 10.2 Å². The van der Waals surface area contributed by atoms with E-state index >= 15 is 0 Å². The van der Waals surface area contributed by atoms with E-state index in [1.54, 1.807) is 0 Å². The third-order valence-electron chi connectivity index (χ3n) is 3.75. The fraction of sp³-hybridized carbons (Fsp3) is 0.222. The molecule has 1 aromatic carbocycles. The molecular weight excluding hydrogens is 329 g/mol. The molecule has 0 saturated heterocycles. The molecule has 1 N–H and O–H groups in total. The van der Waals surface area contributed by atoms with Crippen LogP contribution in [0.25, 0.3) is 10.9 Å². The molecule has 0 unspecified atom stereocenters. The van der Waals surface area contributed by atoms with Crippen molar-refractivity contribution in [1.82, 2.24) is 9.97 Å². The van der Waals surface area contributed by atoms with E-state index < -0.39 is 11.9 Å². The number of rotatable bonds is 4. The van der Waals surface area contributed by atoms with E-state index in [9.17, 15) is 13.2 Å². The quantitative estimate of drug-likeness (QED) is 0.764. The third-order valence-corrected chi connectivity index (χ3v) is 3.75. The summed E-state index contributed by atoms with van der Waals surface area (Å²) in [6.45, 7) is 0.345. The zero-order valence-electron chi connectivity index (χ0n) is 13.8. The Morgan fingerprint density at radius 1 is 1.00 bits per heavy atom. The number of para-hydroxylation sites is 1. The molecule has 0 aliphatic heterocycles. The maximum atomic E-state index is 12.8. The monoisotopic (exact) mass is 346 g/mol. The summed E-state index contributed by atoms with van der Waals surface area (Å²) in [5.74, 6) is 0.967. The lowest BCUT2D eigenvalue weighted by atomic mass is 10.1. The molecule has 25 heavy (non-hydrogen) atoms. The molecule has 2 heterocycles. The van der Waals surface area contributed by atoms with E-state index in [1.807, 2.05) is 49.3 Å². The molecule has 0 fully saturated rings. The van der Waals surface area contributed by atoms with E-state index in [-0.39, 0.29) is 5.82 Å². The number of alkyl halides is 3. The van der Waals surface area contributed by atoms with Gasteiger partial charge in [0.25, 0.3) is 0 Å². The number of anilines is 2. The number of fused-ring (bicyclic) bond motifs is 1. The molecule has 0 radical (unpaired) electrons. The van der Waals surface area contributed by atoms with Crippen molar-refractivity contribution in [1.29, 1.82) is 0 Å². The number of benzene rings is 1. The van der Waals surface area contributed by atoms with Crippen molar-refractivity contribution >= 4 is 22.5 Å². The zero-order valence-corrected chi connectivity index (χ0v) is 13.8. The predicted octanol–water partition coefficient (Wildman–Crippen LogP) is 4.33. The molecule has 0 saturated carbocycles. The summed E-state index contributed by atoms with van der Waals surface area (Å²) in [5.41, 5.74) is 0.863. The molecule has 130 valence electrons. The van der Waals surface area contributed by atoms with Gasteiger partial charge in [0.05, 0.1) is 5.52 Å². The third kappa shape index (κ3) is 3.81. The zero-order chi connectivity index (χ0) is 18.0. The number of pyridine rings is 2. The highest BCUT2D eigenvalue weighted by Gasteiger charge is 2.32. The van der Waals surface area contributed by atoms with Crippen molar-refractivity contribution in [2.75, 3.05) is 24.3 Å². The second kappa shape index (κ2) is 6.58. The Hall–Kier alpha value is -2.83. The number of hydrogen-bond acceptors (Lipinski definition) is 4. The number of nitrogens with one attached hydrogen (secondary N) is 1. The van der Waals surface area contributed by atoms with E-state index in [1.165, 1.54) is 12.1 Å². The summed E-state index contributed by atoms with van der Waals surface area (Å²) >= 11 is 0. The van der Waals surface area contributed by atoms with Crippen molar-refractivity contribution < 1.29 is 13.2 Å². The lowest BCUT2D eigenvalue weighted by Gasteiger charge is -2.16. The van der Waals surface area contributed by atoms with Crippen LogP contribution in [0.5, 0.6) is 0 Å². The van der Waals surface area contributed by atoms with Crippen molar-refractivity contribution in [3.63, 3.8) is 0 Å². The summed E-state index contributed by atoms with van der Waals surface area (Å²) in [6.07, 6.45) is -4.46. The van der Waals surface area contributed by atoms with Gasteiger partial charge >= 0.3 is 6.18 Å². The first-order chi connectivity index (χ1) is 11.8. The SMILES string of the molecule is CN(C)c1cc(CNc2cccc(C(F)(F)F)n2)c2ccccc2n1. The van der Waals surface area contributed by atoms with Gasteiger partial charge in [0.2, 0.25) is 0 Å². The standard InChI is InChI=1S/C18H17F3N4/c1-25(2)17-10-12(13-6-3-4-7-14(13)23-17)11-22-16-9-5-8-15(24-16)18(19,20)21/h3-10H,11H2,1-2H3,(H,22,24). The molecule has 0 atom stereocenters. The first-order valence-corrected chi connectivity index (χ1v) is 7.69. The van der Waals surface area contributed by atoms with Crippen LogP contribution in [0.15, 0.2) is 48.5 Å². The van der Waals surface area contributed by atoms with Crippen LogP contribution in [0, 0.1) is 0 Å². The van der Waals surface area contributed by atoms with Gasteiger partial charge < -0.3 is 10.2 Å². The van der Waals surface area contributed by atoms with Gasteiger partial charge in [0.15, 0.2) is 0 Å². The Morgan fingerprint density at radius 2 is 1.76 bits per heavy atom. The Kier molecular flexibility index (Phi) is 4.48. The Balaban J connectivity index is 1.91. The largest absolute Gasteiger partial charge is 0.433 e. The average molecular weight is 346 g/mol. The molecule has 0 aliphatic carbocycles. The van der Waals surface area contributed by atoms with Crippen LogP contribution >= 0.6 is 0 Å².